The molecule has 1 atom stereocenters. The molecule has 1 saturated heterocycles. The molecule has 1 aliphatic heterocycles. The Morgan fingerprint density at radius 2 is 1.81 bits per heavy atom. The van der Waals surface area contributed by atoms with Gasteiger partial charge in [-0.3, -0.25) is 0 Å². The molecule has 96 valence electrons. The Labute approximate surface area is 102 Å². The van der Waals surface area contributed by atoms with Crippen LogP contribution in [0.2, 0.25) is 0 Å². The first kappa shape index (κ1) is 14.0. The van der Waals surface area contributed by atoms with E-state index in [1.54, 1.807) is 0 Å². The molecule has 0 spiro atoms. The van der Waals surface area contributed by atoms with Crippen LogP contribution < -0.4 is 10.6 Å². The van der Waals surface area contributed by atoms with Crippen molar-refractivity contribution in [1.82, 2.24) is 10.6 Å². The van der Waals surface area contributed by atoms with Gasteiger partial charge >= 0.3 is 0 Å². The monoisotopic (exact) mass is 226 g/mol. The lowest BCUT2D eigenvalue weighted by Gasteiger charge is -2.38. The quantitative estimate of drug-likeness (QED) is 0.652. The number of nitrogens with one attached hydrogen (secondary N) is 2. The van der Waals surface area contributed by atoms with Crippen LogP contribution in [0.15, 0.2) is 0 Å². The summed E-state index contributed by atoms with van der Waals surface area (Å²) in [5.74, 6) is 0. The van der Waals surface area contributed by atoms with Crippen LogP contribution in [0.1, 0.15) is 59.3 Å². The van der Waals surface area contributed by atoms with E-state index in [9.17, 15) is 0 Å². The molecular weight excluding hydrogens is 196 g/mol. The molecule has 16 heavy (non-hydrogen) atoms. The van der Waals surface area contributed by atoms with E-state index in [0.29, 0.717) is 11.5 Å². The highest BCUT2D eigenvalue weighted by Gasteiger charge is 2.29. The largest absolute Gasteiger partial charge is 0.314 e. The van der Waals surface area contributed by atoms with Crippen LogP contribution in [0.4, 0.5) is 0 Å². The molecule has 0 saturated carbocycles. The van der Waals surface area contributed by atoms with Gasteiger partial charge in [-0.2, -0.15) is 0 Å². The van der Waals surface area contributed by atoms with Crippen molar-refractivity contribution >= 4 is 0 Å². The van der Waals surface area contributed by atoms with Gasteiger partial charge < -0.3 is 10.6 Å². The summed E-state index contributed by atoms with van der Waals surface area (Å²) in [7, 11) is 0. The fraction of sp³-hybridized carbons (Fsp3) is 1.00. The lowest BCUT2D eigenvalue weighted by Crippen LogP contribution is -2.55. The first-order valence-electron chi connectivity index (χ1n) is 7.11. The molecule has 0 radical (unpaired) electrons. The Kier molecular flexibility index (Phi) is 6.37. The maximum atomic E-state index is 3.65. The zero-order chi connectivity index (χ0) is 11.9. The second-order valence-corrected chi connectivity index (χ2v) is 5.86. The lowest BCUT2D eigenvalue weighted by molar-refractivity contribution is 0.195. The Morgan fingerprint density at radius 3 is 2.44 bits per heavy atom. The molecule has 1 aliphatic rings. The second kappa shape index (κ2) is 7.29. The summed E-state index contributed by atoms with van der Waals surface area (Å²) >= 11 is 0. The third kappa shape index (κ3) is 4.84. The number of hydrogen-bond acceptors (Lipinski definition) is 2. The van der Waals surface area contributed by atoms with Crippen LogP contribution in [0.25, 0.3) is 0 Å². The summed E-state index contributed by atoms with van der Waals surface area (Å²) in [6.45, 7) is 10.5. The van der Waals surface area contributed by atoms with Crippen LogP contribution in [-0.4, -0.2) is 25.7 Å². The fourth-order valence-corrected chi connectivity index (χ4v) is 2.56. The predicted octanol–water partition coefficient (Wildman–Crippen LogP) is 2.93. The highest BCUT2D eigenvalue weighted by molar-refractivity contribution is 4.88. The van der Waals surface area contributed by atoms with Gasteiger partial charge in [0.05, 0.1) is 0 Å². The maximum Gasteiger partial charge on any atom is 0.0244 e. The Bertz CT molecular complexity index is 172. The van der Waals surface area contributed by atoms with E-state index in [-0.39, 0.29) is 0 Å². The number of hydrogen-bond donors (Lipinski definition) is 2. The van der Waals surface area contributed by atoms with Crippen molar-refractivity contribution in [3.05, 3.63) is 0 Å². The van der Waals surface area contributed by atoms with E-state index in [4.69, 9.17) is 0 Å². The van der Waals surface area contributed by atoms with Gasteiger partial charge in [0, 0.05) is 25.7 Å². The van der Waals surface area contributed by atoms with Gasteiger partial charge in [-0.15, -0.1) is 0 Å². The Balaban J connectivity index is 2.16. The molecule has 0 unspecified atom stereocenters. The third-order valence-electron chi connectivity index (χ3n) is 3.91. The van der Waals surface area contributed by atoms with E-state index in [0.717, 1.165) is 19.6 Å². The summed E-state index contributed by atoms with van der Waals surface area (Å²) in [4.78, 5) is 0. The average molecular weight is 226 g/mol. The molecule has 0 aromatic carbocycles. The van der Waals surface area contributed by atoms with Gasteiger partial charge in [0.25, 0.3) is 0 Å². The minimum absolute atomic E-state index is 0.444. The van der Waals surface area contributed by atoms with E-state index >= 15 is 0 Å². The Hall–Kier alpha value is -0.0800. The summed E-state index contributed by atoms with van der Waals surface area (Å²) in [6, 6.07) is 0.660. The fourth-order valence-electron chi connectivity index (χ4n) is 2.56. The molecule has 0 aromatic rings. The van der Waals surface area contributed by atoms with Gasteiger partial charge in [0.2, 0.25) is 0 Å². The highest BCUT2D eigenvalue weighted by atomic mass is 15.1. The minimum atomic E-state index is 0.444. The lowest BCUT2D eigenvalue weighted by atomic mass is 9.79. The molecular formula is C14H30N2. The Morgan fingerprint density at radius 1 is 1.06 bits per heavy atom. The first-order chi connectivity index (χ1) is 7.67. The van der Waals surface area contributed by atoms with Crippen LogP contribution in [0, 0.1) is 5.41 Å². The second-order valence-electron chi connectivity index (χ2n) is 5.86. The molecule has 2 N–H and O–H groups in total. The van der Waals surface area contributed by atoms with Crippen LogP contribution in [0.5, 0.6) is 0 Å². The van der Waals surface area contributed by atoms with E-state index in [1.165, 1.54) is 38.5 Å². The van der Waals surface area contributed by atoms with Gasteiger partial charge in [-0.05, 0) is 11.8 Å². The first-order valence-corrected chi connectivity index (χ1v) is 7.11. The zero-order valence-corrected chi connectivity index (χ0v) is 11.4. The molecule has 0 amide bonds. The van der Waals surface area contributed by atoms with Crippen molar-refractivity contribution in [3.63, 3.8) is 0 Å². The molecule has 0 aliphatic carbocycles. The zero-order valence-electron chi connectivity index (χ0n) is 11.4. The van der Waals surface area contributed by atoms with Crippen molar-refractivity contribution in [2.45, 2.75) is 65.3 Å². The van der Waals surface area contributed by atoms with Crippen molar-refractivity contribution in [2.75, 3.05) is 19.6 Å². The SMILES string of the molecule is CCCCCCCC(C)(C)[C@@H]1CNCCN1. The van der Waals surface area contributed by atoms with Crippen molar-refractivity contribution in [3.8, 4) is 0 Å². The smallest absolute Gasteiger partial charge is 0.0244 e. The normalized spacial score (nSPS) is 22.3. The molecule has 0 bridgehead atoms. The van der Waals surface area contributed by atoms with Crippen LogP contribution in [-0.2, 0) is 0 Å². The van der Waals surface area contributed by atoms with E-state index < -0.39 is 0 Å². The standard InChI is InChI=1S/C14H30N2/c1-4-5-6-7-8-9-14(2,3)13-12-15-10-11-16-13/h13,15-16H,4-12H2,1-3H3/t13-/m0/s1. The van der Waals surface area contributed by atoms with Crippen molar-refractivity contribution < 1.29 is 0 Å². The molecule has 2 heteroatoms. The number of rotatable bonds is 7. The van der Waals surface area contributed by atoms with Crippen molar-refractivity contribution in [1.29, 1.82) is 0 Å². The highest BCUT2D eigenvalue weighted by Crippen LogP contribution is 2.28. The van der Waals surface area contributed by atoms with Gasteiger partial charge in [-0.25, -0.2) is 0 Å². The molecule has 0 aromatic heterocycles. The summed E-state index contributed by atoms with van der Waals surface area (Å²) in [5.41, 5.74) is 0.444. The minimum Gasteiger partial charge on any atom is -0.314 e. The average Bonchev–Trinajstić information content (AvgIpc) is 2.30. The summed E-state index contributed by atoms with van der Waals surface area (Å²) in [6.07, 6.45) is 8.34. The van der Waals surface area contributed by atoms with Crippen LogP contribution >= 0.6 is 0 Å². The summed E-state index contributed by atoms with van der Waals surface area (Å²) in [5, 5.41) is 7.14. The van der Waals surface area contributed by atoms with Crippen LogP contribution in [0.3, 0.4) is 0 Å². The van der Waals surface area contributed by atoms with E-state index in [1.807, 2.05) is 0 Å². The van der Waals surface area contributed by atoms with Gasteiger partial charge in [0.15, 0.2) is 0 Å². The number of piperazine rings is 1. The molecule has 1 rings (SSSR count). The number of unbranched alkanes of at least 4 members (excludes halogenated alkanes) is 4. The van der Waals surface area contributed by atoms with E-state index in [2.05, 4.69) is 31.4 Å². The molecule has 1 fully saturated rings. The third-order valence-corrected chi connectivity index (χ3v) is 3.91. The predicted molar refractivity (Wildman–Crippen MR) is 71.8 cm³/mol. The van der Waals surface area contributed by atoms with Crippen molar-refractivity contribution in [2.24, 2.45) is 5.41 Å². The summed E-state index contributed by atoms with van der Waals surface area (Å²) < 4.78 is 0. The van der Waals surface area contributed by atoms with Gasteiger partial charge in [-0.1, -0.05) is 52.9 Å². The topological polar surface area (TPSA) is 24.1 Å². The van der Waals surface area contributed by atoms with Gasteiger partial charge in [0.1, 0.15) is 0 Å². The molecule has 1 heterocycles. The maximum absolute atomic E-state index is 3.65. The molecule has 2 nitrogen and oxygen atoms in total.